The molecule has 3 aromatic carbocycles. The fourth-order valence-corrected chi connectivity index (χ4v) is 11.6. The lowest BCUT2D eigenvalue weighted by Gasteiger charge is -2.43. The molecule has 2 aliphatic heterocycles. The third-order valence-electron chi connectivity index (χ3n) is 8.95. The number of halogens is 1. The second kappa shape index (κ2) is 12.2. The topological polar surface area (TPSA) is 109 Å². The maximum atomic E-state index is 14.3. The maximum Gasteiger partial charge on any atom is 0.330 e. The molecule has 6 rings (SSSR count). The number of hydrogen-bond acceptors (Lipinski definition) is 7. The summed E-state index contributed by atoms with van der Waals surface area (Å²) in [6.07, 6.45) is -2.65. The Labute approximate surface area is 267 Å². The summed E-state index contributed by atoms with van der Waals surface area (Å²) in [5, 5.41) is 1.86. The third kappa shape index (κ3) is 5.47. The molecule has 0 radical (unpaired) electrons. The van der Waals surface area contributed by atoms with E-state index in [1.54, 1.807) is 0 Å². The lowest BCUT2D eigenvalue weighted by molar-refractivity contribution is -0.159. The smallest absolute Gasteiger partial charge is 0.330 e. The van der Waals surface area contributed by atoms with Crippen LogP contribution in [0.25, 0.3) is 0 Å². The van der Waals surface area contributed by atoms with Crippen LogP contribution in [0.1, 0.15) is 45.9 Å². The molecule has 0 bridgehead atoms. The average molecular weight is 645 g/mol. The molecule has 2 aliphatic rings. The summed E-state index contributed by atoms with van der Waals surface area (Å²) in [6.45, 7) is 7.92. The van der Waals surface area contributed by atoms with Gasteiger partial charge in [0.05, 0.1) is 12.8 Å². The minimum absolute atomic E-state index is 0.0809. The monoisotopic (exact) mass is 644 g/mol. The number of esters is 1. The van der Waals surface area contributed by atoms with Crippen molar-refractivity contribution in [1.82, 2.24) is 9.55 Å². The Hall–Kier alpha value is -4.16. The number of carbonyl (C=O) groups excluding carboxylic acids is 1. The van der Waals surface area contributed by atoms with Crippen LogP contribution in [0.3, 0.4) is 0 Å². The number of aromatic amines is 1. The van der Waals surface area contributed by atoms with Crippen molar-refractivity contribution in [2.75, 3.05) is 6.61 Å². The van der Waals surface area contributed by atoms with Gasteiger partial charge in [-0.1, -0.05) is 112 Å². The Morgan fingerprint density at radius 1 is 0.978 bits per heavy atom. The molecular weight excluding hydrogens is 607 g/mol. The molecule has 0 amide bonds. The van der Waals surface area contributed by atoms with Crippen LogP contribution in [0, 0.1) is 5.82 Å². The van der Waals surface area contributed by atoms with E-state index >= 15 is 0 Å². The van der Waals surface area contributed by atoms with Crippen LogP contribution in [0.4, 0.5) is 4.39 Å². The van der Waals surface area contributed by atoms with E-state index in [0.717, 1.165) is 26.7 Å². The number of nitrogens with zero attached hydrogens (tertiary/aromatic N) is 1. The molecule has 0 spiro atoms. The highest BCUT2D eigenvalue weighted by Crippen LogP contribution is 2.54. The fraction of sp³-hybridized carbons (Fsp3) is 0.343. The molecule has 11 heteroatoms. The summed E-state index contributed by atoms with van der Waals surface area (Å²) in [5.74, 6) is -1.66. The number of ether oxygens (including phenoxy) is 3. The number of rotatable bonds is 8. The van der Waals surface area contributed by atoms with Crippen LogP contribution in [0.2, 0.25) is 5.04 Å². The first-order valence-corrected chi connectivity index (χ1v) is 17.2. The molecule has 240 valence electrons. The second-order valence-electron chi connectivity index (χ2n) is 12.8. The molecule has 0 unspecified atom stereocenters. The van der Waals surface area contributed by atoms with E-state index in [9.17, 15) is 18.8 Å². The van der Waals surface area contributed by atoms with Crippen LogP contribution in [0.15, 0.2) is 107 Å². The lowest BCUT2D eigenvalue weighted by Crippen LogP contribution is -2.67. The molecule has 2 saturated heterocycles. The van der Waals surface area contributed by atoms with E-state index in [1.165, 1.54) is 6.92 Å². The predicted octanol–water partition coefficient (Wildman–Crippen LogP) is 3.77. The van der Waals surface area contributed by atoms with Gasteiger partial charge in [-0.25, -0.2) is 4.79 Å². The normalized spacial score (nSPS) is 24.5. The van der Waals surface area contributed by atoms with Gasteiger partial charge in [0.25, 0.3) is 13.9 Å². The van der Waals surface area contributed by atoms with Crippen LogP contribution >= 0.6 is 0 Å². The first-order chi connectivity index (χ1) is 22.0. The van der Waals surface area contributed by atoms with Gasteiger partial charge in [-0.2, -0.15) is 4.39 Å². The van der Waals surface area contributed by atoms with Gasteiger partial charge in [0.2, 0.25) is 5.82 Å². The largest absolute Gasteiger partial charge is 0.457 e. The molecule has 9 nitrogen and oxygen atoms in total. The molecule has 3 heterocycles. The number of benzene rings is 3. The Morgan fingerprint density at radius 2 is 1.54 bits per heavy atom. The molecule has 1 N–H and O–H groups in total. The van der Waals surface area contributed by atoms with E-state index in [0.29, 0.717) is 0 Å². The fourth-order valence-electron chi connectivity index (χ4n) is 7.03. The molecule has 46 heavy (non-hydrogen) atoms. The van der Waals surface area contributed by atoms with Crippen molar-refractivity contribution in [3.8, 4) is 0 Å². The number of fused-ring (bicyclic) bond motifs is 1. The van der Waals surface area contributed by atoms with Gasteiger partial charge in [0, 0.05) is 13.3 Å². The van der Waals surface area contributed by atoms with Crippen LogP contribution in [0.5, 0.6) is 0 Å². The van der Waals surface area contributed by atoms with Gasteiger partial charge in [-0.05, 0) is 21.0 Å². The summed E-state index contributed by atoms with van der Waals surface area (Å²) >= 11 is 0. The zero-order chi connectivity index (χ0) is 32.7. The average Bonchev–Trinajstić information content (AvgIpc) is 3.54. The molecule has 0 saturated carbocycles. The predicted molar refractivity (Wildman–Crippen MR) is 172 cm³/mol. The number of H-pyrrole nitrogens is 1. The van der Waals surface area contributed by atoms with E-state index < -0.39 is 61.5 Å². The third-order valence-corrected chi connectivity index (χ3v) is 14.0. The second-order valence-corrected chi connectivity index (χ2v) is 17.1. The van der Waals surface area contributed by atoms with Crippen molar-refractivity contribution < 1.29 is 27.8 Å². The number of hydrogen-bond donors (Lipinski definition) is 1. The van der Waals surface area contributed by atoms with Gasteiger partial charge in [-0.15, -0.1) is 0 Å². The number of nitrogens with one attached hydrogen (secondary N) is 1. The van der Waals surface area contributed by atoms with Gasteiger partial charge in [-0.3, -0.25) is 19.1 Å². The molecule has 4 aromatic rings. The van der Waals surface area contributed by atoms with Crippen molar-refractivity contribution in [2.45, 2.75) is 69.3 Å². The highest BCUT2D eigenvalue weighted by atomic mass is 28.4. The van der Waals surface area contributed by atoms with Crippen molar-refractivity contribution in [2.24, 2.45) is 0 Å². The summed E-state index contributed by atoms with van der Waals surface area (Å²) in [6, 6.07) is 29.7. The van der Waals surface area contributed by atoms with Gasteiger partial charge >= 0.3 is 11.7 Å². The number of carbonyl (C=O) groups is 1. The zero-order valence-electron chi connectivity index (χ0n) is 26.1. The van der Waals surface area contributed by atoms with Crippen LogP contribution in [-0.2, 0) is 29.0 Å². The summed E-state index contributed by atoms with van der Waals surface area (Å²) in [7, 11) is -2.99. The highest BCUT2D eigenvalue weighted by molar-refractivity contribution is 6.99. The van der Waals surface area contributed by atoms with Crippen molar-refractivity contribution in [1.29, 1.82) is 0 Å². The molecule has 2 fully saturated rings. The lowest BCUT2D eigenvalue weighted by atomic mass is 9.86. The molecular formula is C35H37FN2O7Si. The first-order valence-electron chi connectivity index (χ1n) is 15.3. The molecule has 5 atom stereocenters. The van der Waals surface area contributed by atoms with E-state index in [2.05, 4.69) is 45.0 Å². The van der Waals surface area contributed by atoms with Crippen LogP contribution < -0.4 is 21.6 Å². The first kappa shape index (κ1) is 31.8. The standard InChI is InChI=1S/C35H37FN2O7Si/c1-23(39)43-30-28(22-42-46(34(2,3)4,25-16-10-6-11-17-25)26-18-12-7-13-19-26)45-35(24-14-8-5-9-15-24)20-29(44-31(30)35)38-21-27(36)32(40)37-33(38)41/h5-19,21,28-31H,20,22H2,1-4H3,(H,37,40,41)/t28-,29+,30-,31-,35+/m1/s1. The quantitative estimate of drug-likeness (QED) is 0.230. The Bertz CT molecular complexity index is 1770. The zero-order valence-corrected chi connectivity index (χ0v) is 27.1. The Balaban J connectivity index is 1.42. The van der Waals surface area contributed by atoms with E-state index in [1.807, 2.05) is 71.7 Å². The van der Waals surface area contributed by atoms with Crippen molar-refractivity contribution >= 4 is 24.7 Å². The van der Waals surface area contributed by atoms with E-state index in [4.69, 9.17) is 18.6 Å². The van der Waals surface area contributed by atoms with Gasteiger partial charge in [0.15, 0.2) is 6.10 Å². The highest BCUT2D eigenvalue weighted by Gasteiger charge is 2.64. The summed E-state index contributed by atoms with van der Waals surface area (Å²) in [4.78, 5) is 39.1. The summed E-state index contributed by atoms with van der Waals surface area (Å²) < 4.78 is 41.8. The van der Waals surface area contributed by atoms with Gasteiger partial charge in [0.1, 0.15) is 24.0 Å². The van der Waals surface area contributed by atoms with Gasteiger partial charge < -0.3 is 18.6 Å². The molecule has 1 aromatic heterocycles. The van der Waals surface area contributed by atoms with E-state index in [-0.39, 0.29) is 18.1 Å². The minimum Gasteiger partial charge on any atom is -0.457 e. The Morgan fingerprint density at radius 3 is 2.09 bits per heavy atom. The molecule has 0 aliphatic carbocycles. The Kier molecular flexibility index (Phi) is 8.45. The SMILES string of the molecule is CC(=O)O[C@H]1[C@H]2O[C@H](n3cc(F)c(=O)[nH]c3=O)C[C@@]2(c2ccccc2)O[C@@H]1CO[Si](c1ccccc1)(c1ccccc1)C(C)(C)C. The van der Waals surface area contributed by atoms with Crippen LogP contribution in [-0.4, -0.2) is 48.8 Å². The van der Waals surface area contributed by atoms with Crippen molar-refractivity contribution in [3.63, 3.8) is 0 Å². The maximum absolute atomic E-state index is 14.3. The number of aromatic nitrogens is 2. The van der Waals surface area contributed by atoms with Crippen molar-refractivity contribution in [3.05, 3.63) is 129 Å². The summed E-state index contributed by atoms with van der Waals surface area (Å²) in [5.41, 5.74) is -2.38. The minimum atomic E-state index is -2.99.